The summed E-state index contributed by atoms with van der Waals surface area (Å²) in [5.41, 5.74) is 2.19. The Morgan fingerprint density at radius 3 is 2.72 bits per heavy atom. The van der Waals surface area contributed by atoms with Crippen molar-refractivity contribution in [1.82, 2.24) is 15.1 Å². The van der Waals surface area contributed by atoms with Gasteiger partial charge in [0.2, 0.25) is 0 Å². The van der Waals surface area contributed by atoms with Gasteiger partial charge in [0.25, 0.3) is 5.91 Å². The van der Waals surface area contributed by atoms with E-state index >= 15 is 0 Å². The van der Waals surface area contributed by atoms with Crippen molar-refractivity contribution in [2.24, 2.45) is 7.05 Å². The highest BCUT2D eigenvalue weighted by Gasteiger charge is 2.26. The van der Waals surface area contributed by atoms with E-state index in [-0.39, 0.29) is 5.91 Å². The normalized spacial score (nSPS) is 15.1. The number of fused-ring (bicyclic) bond motifs is 1. The first-order valence-electron chi connectivity index (χ1n) is 8.58. The average molecular weight is 335 g/mol. The van der Waals surface area contributed by atoms with E-state index in [0.717, 1.165) is 34.7 Å². The molecule has 0 saturated heterocycles. The second kappa shape index (κ2) is 6.24. The molecule has 0 aliphatic heterocycles. The van der Waals surface area contributed by atoms with Gasteiger partial charge in [0.1, 0.15) is 5.75 Å². The van der Waals surface area contributed by atoms with Gasteiger partial charge in [-0.05, 0) is 54.3 Å². The van der Waals surface area contributed by atoms with Gasteiger partial charge >= 0.3 is 0 Å². The lowest BCUT2D eigenvalue weighted by molar-refractivity contribution is -0.127. The van der Waals surface area contributed by atoms with Crippen LogP contribution in [-0.4, -0.2) is 27.8 Å². The number of carbonyl (C=O) groups is 1. The van der Waals surface area contributed by atoms with Crippen molar-refractivity contribution in [1.29, 1.82) is 0 Å². The molecular weight excluding hydrogens is 314 g/mol. The molecule has 5 heteroatoms. The van der Waals surface area contributed by atoms with Crippen molar-refractivity contribution in [3.63, 3.8) is 0 Å². The third-order valence-corrected chi connectivity index (χ3v) is 4.46. The zero-order valence-electron chi connectivity index (χ0n) is 14.4. The molecule has 1 heterocycles. The molecule has 1 unspecified atom stereocenters. The van der Waals surface area contributed by atoms with Crippen molar-refractivity contribution >= 4 is 16.7 Å². The molecule has 1 saturated carbocycles. The van der Waals surface area contributed by atoms with Crippen LogP contribution >= 0.6 is 0 Å². The molecule has 1 aliphatic rings. The number of aromatic nitrogens is 2. The van der Waals surface area contributed by atoms with Gasteiger partial charge in [-0.25, -0.2) is 0 Å². The standard InChI is InChI=1S/C20H21N3O2/c1-13(20(24)22-18-6-7-18)25-19-8-5-14-3-4-15(9-16(14)10-19)17-11-21-23(2)12-17/h3-5,8-13,18H,6-7H2,1-2H3,(H,22,24). The molecule has 4 rings (SSSR count). The molecule has 1 amide bonds. The lowest BCUT2D eigenvalue weighted by Gasteiger charge is -2.15. The minimum atomic E-state index is -0.500. The van der Waals surface area contributed by atoms with Crippen molar-refractivity contribution < 1.29 is 9.53 Å². The third-order valence-electron chi connectivity index (χ3n) is 4.46. The smallest absolute Gasteiger partial charge is 0.260 e. The van der Waals surface area contributed by atoms with Crippen molar-refractivity contribution in [3.05, 3.63) is 48.8 Å². The monoisotopic (exact) mass is 335 g/mol. The van der Waals surface area contributed by atoms with Gasteiger partial charge in [-0.1, -0.05) is 18.2 Å². The molecule has 0 spiro atoms. The molecule has 5 nitrogen and oxygen atoms in total. The summed E-state index contributed by atoms with van der Waals surface area (Å²) in [5, 5.41) is 9.41. The minimum Gasteiger partial charge on any atom is -0.481 e. The molecule has 0 bridgehead atoms. The van der Waals surface area contributed by atoms with Gasteiger partial charge < -0.3 is 10.1 Å². The Morgan fingerprint density at radius 1 is 1.20 bits per heavy atom. The van der Waals surface area contributed by atoms with E-state index in [9.17, 15) is 4.79 Å². The highest BCUT2D eigenvalue weighted by molar-refractivity contribution is 5.88. The number of ether oxygens (including phenoxy) is 1. The summed E-state index contributed by atoms with van der Waals surface area (Å²) < 4.78 is 7.62. The van der Waals surface area contributed by atoms with Crippen molar-refractivity contribution in [2.75, 3.05) is 0 Å². The minimum absolute atomic E-state index is 0.0493. The third kappa shape index (κ3) is 3.50. The first-order valence-corrected chi connectivity index (χ1v) is 8.58. The number of nitrogens with one attached hydrogen (secondary N) is 1. The summed E-state index contributed by atoms with van der Waals surface area (Å²) in [7, 11) is 1.91. The lowest BCUT2D eigenvalue weighted by Crippen LogP contribution is -2.37. The molecule has 1 aliphatic carbocycles. The molecule has 128 valence electrons. The highest BCUT2D eigenvalue weighted by Crippen LogP contribution is 2.27. The van der Waals surface area contributed by atoms with Gasteiger partial charge in [-0.3, -0.25) is 9.48 Å². The quantitative estimate of drug-likeness (QED) is 0.778. The maximum atomic E-state index is 12.1. The summed E-state index contributed by atoms with van der Waals surface area (Å²) >= 11 is 0. The number of hydrogen-bond acceptors (Lipinski definition) is 3. The number of amides is 1. The Labute approximate surface area is 146 Å². The topological polar surface area (TPSA) is 56.2 Å². The van der Waals surface area contributed by atoms with Gasteiger partial charge in [0.15, 0.2) is 6.10 Å². The highest BCUT2D eigenvalue weighted by atomic mass is 16.5. The zero-order chi connectivity index (χ0) is 17.4. The molecular formula is C20H21N3O2. The van der Waals surface area contributed by atoms with E-state index < -0.39 is 6.10 Å². The van der Waals surface area contributed by atoms with Crippen LogP contribution in [0.4, 0.5) is 0 Å². The largest absolute Gasteiger partial charge is 0.481 e. The second-order valence-electron chi connectivity index (χ2n) is 6.67. The van der Waals surface area contributed by atoms with Crippen molar-refractivity contribution in [3.8, 4) is 16.9 Å². The van der Waals surface area contributed by atoms with E-state index in [1.54, 1.807) is 11.6 Å². The maximum Gasteiger partial charge on any atom is 0.260 e. The van der Waals surface area contributed by atoms with Crippen LogP contribution in [0.3, 0.4) is 0 Å². The molecule has 1 atom stereocenters. The Hall–Kier alpha value is -2.82. The van der Waals surface area contributed by atoms with E-state index in [1.165, 1.54) is 0 Å². The van der Waals surface area contributed by atoms with Crippen LogP contribution < -0.4 is 10.1 Å². The van der Waals surface area contributed by atoms with Crippen LogP contribution in [0.25, 0.3) is 21.9 Å². The van der Waals surface area contributed by atoms with Crippen LogP contribution in [0.5, 0.6) is 5.75 Å². The van der Waals surface area contributed by atoms with Crippen molar-refractivity contribution in [2.45, 2.75) is 31.9 Å². The Bertz CT molecular complexity index is 928. The summed E-state index contributed by atoms with van der Waals surface area (Å²) in [6.07, 6.45) is 5.49. The number of benzene rings is 2. The van der Waals surface area contributed by atoms with Crippen LogP contribution in [0.1, 0.15) is 19.8 Å². The Kier molecular flexibility index (Phi) is 3.92. The van der Waals surface area contributed by atoms with E-state index in [4.69, 9.17) is 4.74 Å². The van der Waals surface area contributed by atoms with Gasteiger partial charge in [-0.15, -0.1) is 0 Å². The molecule has 3 aromatic rings. The summed E-state index contributed by atoms with van der Waals surface area (Å²) in [6, 6.07) is 12.5. The van der Waals surface area contributed by atoms with Crippen LogP contribution in [0, 0.1) is 0 Å². The van der Waals surface area contributed by atoms with Crippen LogP contribution in [-0.2, 0) is 11.8 Å². The molecule has 2 aromatic carbocycles. The molecule has 1 N–H and O–H groups in total. The molecule has 1 fully saturated rings. The number of rotatable bonds is 5. The number of carbonyl (C=O) groups excluding carboxylic acids is 1. The fraction of sp³-hybridized carbons (Fsp3) is 0.300. The number of hydrogen-bond donors (Lipinski definition) is 1. The average Bonchev–Trinajstić information content (AvgIpc) is 3.31. The zero-order valence-corrected chi connectivity index (χ0v) is 14.4. The maximum absolute atomic E-state index is 12.1. The van der Waals surface area contributed by atoms with Crippen LogP contribution in [0.15, 0.2) is 48.8 Å². The second-order valence-corrected chi connectivity index (χ2v) is 6.67. The van der Waals surface area contributed by atoms with Gasteiger partial charge in [0.05, 0.1) is 6.20 Å². The molecule has 1 aromatic heterocycles. The van der Waals surface area contributed by atoms with E-state index in [2.05, 4.69) is 28.6 Å². The predicted molar refractivity (Wildman–Crippen MR) is 97.4 cm³/mol. The van der Waals surface area contributed by atoms with Gasteiger partial charge in [0, 0.05) is 24.8 Å². The summed E-state index contributed by atoms with van der Waals surface area (Å²) in [5.74, 6) is 0.654. The predicted octanol–water partition coefficient (Wildman–Crippen LogP) is 3.29. The Balaban J connectivity index is 1.56. The fourth-order valence-electron chi connectivity index (χ4n) is 2.85. The lowest BCUT2D eigenvalue weighted by atomic mass is 10.0. The Morgan fingerprint density at radius 2 is 2.00 bits per heavy atom. The van der Waals surface area contributed by atoms with Gasteiger partial charge in [-0.2, -0.15) is 5.10 Å². The molecule has 25 heavy (non-hydrogen) atoms. The van der Waals surface area contributed by atoms with E-state index in [0.29, 0.717) is 11.8 Å². The first kappa shape index (κ1) is 15.7. The van der Waals surface area contributed by atoms with E-state index in [1.807, 2.05) is 37.6 Å². The summed E-state index contributed by atoms with van der Waals surface area (Å²) in [4.78, 5) is 12.1. The number of aryl methyl sites for hydroxylation is 1. The summed E-state index contributed by atoms with van der Waals surface area (Å²) in [6.45, 7) is 1.79. The van der Waals surface area contributed by atoms with Crippen LogP contribution in [0.2, 0.25) is 0 Å². The SMILES string of the molecule is CC(Oc1ccc2ccc(-c3cnn(C)c3)cc2c1)C(=O)NC1CC1. The number of nitrogens with zero attached hydrogens (tertiary/aromatic N) is 2. The molecule has 0 radical (unpaired) electrons. The first-order chi connectivity index (χ1) is 12.1. The fourth-order valence-corrected chi connectivity index (χ4v) is 2.85.